The van der Waals surface area contributed by atoms with Gasteiger partial charge in [-0.25, -0.2) is 4.79 Å². The molecule has 1 aromatic rings. The van der Waals surface area contributed by atoms with Crippen molar-refractivity contribution in [3.8, 4) is 0 Å². The van der Waals surface area contributed by atoms with Crippen molar-refractivity contribution in [2.75, 3.05) is 6.54 Å². The van der Waals surface area contributed by atoms with Crippen LogP contribution in [0.3, 0.4) is 0 Å². The molecule has 0 fully saturated rings. The number of nitrogens with one attached hydrogen (secondary N) is 1. The third kappa shape index (κ3) is 2.50. The van der Waals surface area contributed by atoms with E-state index in [4.69, 9.17) is 0 Å². The Bertz CT molecular complexity index is 622. The summed E-state index contributed by atoms with van der Waals surface area (Å²) in [5, 5.41) is 2.98. The molecule has 0 saturated carbocycles. The van der Waals surface area contributed by atoms with Gasteiger partial charge in [0.2, 0.25) is 0 Å². The molecule has 21 heavy (non-hydrogen) atoms. The molecule has 1 N–H and O–H groups in total. The summed E-state index contributed by atoms with van der Waals surface area (Å²) in [6, 6.07) is 7.32. The fourth-order valence-electron chi connectivity index (χ4n) is 3.09. The van der Waals surface area contributed by atoms with Crippen molar-refractivity contribution in [2.45, 2.75) is 32.2 Å². The van der Waals surface area contributed by atoms with E-state index in [1.807, 2.05) is 31.2 Å². The van der Waals surface area contributed by atoms with Crippen LogP contribution < -0.4 is 5.32 Å². The van der Waals surface area contributed by atoms with Gasteiger partial charge in [0, 0.05) is 28.7 Å². The lowest BCUT2D eigenvalue weighted by Crippen LogP contribution is -2.49. The zero-order valence-electron chi connectivity index (χ0n) is 11.9. The molecular weight excluding hydrogens is 332 g/mol. The van der Waals surface area contributed by atoms with Gasteiger partial charge in [-0.2, -0.15) is 0 Å². The van der Waals surface area contributed by atoms with Crippen molar-refractivity contribution in [2.24, 2.45) is 0 Å². The second-order valence-corrected chi connectivity index (χ2v) is 6.23. The molecule has 0 bridgehead atoms. The van der Waals surface area contributed by atoms with E-state index >= 15 is 0 Å². The molecule has 110 valence electrons. The Labute approximate surface area is 132 Å². The van der Waals surface area contributed by atoms with Crippen LogP contribution >= 0.6 is 15.9 Å². The minimum absolute atomic E-state index is 0.112. The second-order valence-electron chi connectivity index (χ2n) is 5.32. The van der Waals surface area contributed by atoms with Crippen molar-refractivity contribution in [1.29, 1.82) is 0 Å². The molecule has 3 rings (SSSR count). The van der Waals surface area contributed by atoms with E-state index in [2.05, 4.69) is 21.2 Å². The molecule has 0 spiro atoms. The first-order valence-corrected chi connectivity index (χ1v) is 8.01. The van der Waals surface area contributed by atoms with Crippen LogP contribution in [0.25, 0.3) is 0 Å². The third-order valence-electron chi connectivity index (χ3n) is 4.08. The van der Waals surface area contributed by atoms with Crippen LogP contribution in [0.15, 0.2) is 40.0 Å². The number of allylic oxidation sites excluding steroid dienone is 1. The Morgan fingerprint density at radius 2 is 1.95 bits per heavy atom. The number of urea groups is 1. The molecule has 1 aromatic carbocycles. The summed E-state index contributed by atoms with van der Waals surface area (Å²) in [5.74, 6) is 0.155. The third-order valence-corrected chi connectivity index (χ3v) is 4.60. The monoisotopic (exact) mass is 348 g/mol. The van der Waals surface area contributed by atoms with E-state index in [0.29, 0.717) is 13.0 Å². The highest BCUT2D eigenvalue weighted by Gasteiger charge is 2.37. The number of hydrogen-bond acceptors (Lipinski definition) is 2. The highest BCUT2D eigenvalue weighted by molar-refractivity contribution is 9.10. The Balaban J connectivity index is 2.09. The fraction of sp³-hybridized carbons (Fsp3) is 0.375. The molecule has 2 aliphatic rings. The van der Waals surface area contributed by atoms with Gasteiger partial charge in [-0.05, 0) is 37.5 Å². The maximum Gasteiger partial charge on any atom is 0.322 e. The highest BCUT2D eigenvalue weighted by atomic mass is 79.9. The van der Waals surface area contributed by atoms with Crippen molar-refractivity contribution >= 4 is 27.7 Å². The van der Waals surface area contributed by atoms with Gasteiger partial charge in [0.15, 0.2) is 5.78 Å². The zero-order valence-corrected chi connectivity index (χ0v) is 13.4. The molecule has 0 radical (unpaired) electrons. The minimum atomic E-state index is -0.323. The largest absolute Gasteiger partial charge is 0.327 e. The second kappa shape index (κ2) is 5.64. The molecule has 0 aromatic heterocycles. The Morgan fingerprint density at radius 3 is 2.62 bits per heavy atom. The Hall–Kier alpha value is -1.62. The number of nitrogens with zero attached hydrogens (tertiary/aromatic N) is 1. The summed E-state index contributed by atoms with van der Waals surface area (Å²) < 4.78 is 0.979. The van der Waals surface area contributed by atoms with E-state index in [9.17, 15) is 9.59 Å². The van der Waals surface area contributed by atoms with Gasteiger partial charge < -0.3 is 5.32 Å². The van der Waals surface area contributed by atoms with Gasteiger partial charge in [-0.1, -0.05) is 28.1 Å². The average molecular weight is 349 g/mol. The van der Waals surface area contributed by atoms with Crippen LogP contribution in [0.4, 0.5) is 4.79 Å². The summed E-state index contributed by atoms with van der Waals surface area (Å²) in [6.07, 6.45) is 2.20. The number of hydrogen-bond donors (Lipinski definition) is 1. The Kier molecular flexibility index (Phi) is 3.85. The SMILES string of the molecule is CCN1C(=O)N[C@H](c2ccc(Br)cc2)C2=C1CCCC2=O. The molecule has 0 saturated heterocycles. The lowest BCUT2D eigenvalue weighted by Gasteiger charge is -2.38. The molecule has 1 aliphatic carbocycles. The van der Waals surface area contributed by atoms with E-state index in [1.54, 1.807) is 4.90 Å². The number of amides is 2. The highest BCUT2D eigenvalue weighted by Crippen LogP contribution is 2.37. The van der Waals surface area contributed by atoms with Crippen LogP contribution in [0.5, 0.6) is 0 Å². The van der Waals surface area contributed by atoms with E-state index in [-0.39, 0.29) is 17.9 Å². The van der Waals surface area contributed by atoms with Crippen LogP contribution in [-0.2, 0) is 4.79 Å². The number of carbonyl (C=O) groups is 2. The molecule has 5 heteroatoms. The maximum atomic E-state index is 12.4. The summed E-state index contributed by atoms with van der Waals surface area (Å²) >= 11 is 3.41. The average Bonchev–Trinajstić information content (AvgIpc) is 2.47. The van der Waals surface area contributed by atoms with E-state index in [0.717, 1.165) is 34.1 Å². The quantitative estimate of drug-likeness (QED) is 0.888. The summed E-state index contributed by atoms with van der Waals surface area (Å²) in [4.78, 5) is 26.4. The summed E-state index contributed by atoms with van der Waals surface area (Å²) in [6.45, 7) is 2.52. The number of halogens is 1. The van der Waals surface area contributed by atoms with E-state index < -0.39 is 0 Å². The number of carbonyl (C=O) groups excluding carboxylic acids is 2. The van der Waals surface area contributed by atoms with Crippen LogP contribution in [0, 0.1) is 0 Å². The van der Waals surface area contributed by atoms with Gasteiger partial charge >= 0.3 is 6.03 Å². The summed E-state index contributed by atoms with van der Waals surface area (Å²) in [7, 11) is 0. The van der Waals surface area contributed by atoms with Gasteiger partial charge in [-0.3, -0.25) is 9.69 Å². The zero-order chi connectivity index (χ0) is 15.0. The van der Waals surface area contributed by atoms with Crippen LogP contribution in [0.2, 0.25) is 0 Å². The smallest absolute Gasteiger partial charge is 0.322 e. The number of benzene rings is 1. The van der Waals surface area contributed by atoms with Crippen molar-refractivity contribution in [3.63, 3.8) is 0 Å². The minimum Gasteiger partial charge on any atom is -0.327 e. The van der Waals surface area contributed by atoms with Gasteiger partial charge in [0.25, 0.3) is 0 Å². The molecule has 1 aliphatic heterocycles. The van der Waals surface area contributed by atoms with Crippen molar-refractivity contribution < 1.29 is 9.59 Å². The Morgan fingerprint density at radius 1 is 1.24 bits per heavy atom. The lowest BCUT2D eigenvalue weighted by atomic mass is 9.85. The predicted molar refractivity (Wildman–Crippen MR) is 83.7 cm³/mol. The van der Waals surface area contributed by atoms with Gasteiger partial charge in [0.05, 0.1) is 6.04 Å². The van der Waals surface area contributed by atoms with Gasteiger partial charge in [0.1, 0.15) is 0 Å². The molecular formula is C16H17BrN2O2. The van der Waals surface area contributed by atoms with Crippen molar-refractivity contribution in [3.05, 3.63) is 45.6 Å². The lowest BCUT2D eigenvalue weighted by molar-refractivity contribution is -0.116. The first kappa shape index (κ1) is 14.3. The first-order chi connectivity index (χ1) is 10.1. The molecule has 1 heterocycles. The standard InChI is InChI=1S/C16H17BrN2O2/c1-2-19-12-4-3-5-13(20)14(12)15(18-16(19)21)10-6-8-11(17)9-7-10/h6-9,15H,2-5H2,1H3,(H,18,21)/t15-/m1/s1. The molecule has 1 atom stereocenters. The molecule has 2 amide bonds. The van der Waals surface area contributed by atoms with Gasteiger partial charge in [-0.15, -0.1) is 0 Å². The topological polar surface area (TPSA) is 49.4 Å². The normalized spacial score (nSPS) is 22.2. The van der Waals surface area contributed by atoms with Crippen molar-refractivity contribution in [1.82, 2.24) is 10.2 Å². The number of Topliss-reactive ketones (excluding diaryl/α,β-unsaturated/α-hetero) is 1. The molecule has 0 unspecified atom stereocenters. The maximum absolute atomic E-state index is 12.4. The van der Waals surface area contributed by atoms with Crippen LogP contribution in [-0.4, -0.2) is 23.3 Å². The fourth-order valence-corrected chi connectivity index (χ4v) is 3.35. The first-order valence-electron chi connectivity index (χ1n) is 7.21. The molecule has 4 nitrogen and oxygen atoms in total. The predicted octanol–water partition coefficient (Wildman–Crippen LogP) is 3.54. The number of rotatable bonds is 2. The summed E-state index contributed by atoms with van der Waals surface area (Å²) in [5.41, 5.74) is 2.63. The van der Waals surface area contributed by atoms with Crippen LogP contribution in [0.1, 0.15) is 37.8 Å². The number of ketones is 1. The van der Waals surface area contributed by atoms with E-state index in [1.165, 1.54) is 0 Å².